The number of aromatic nitrogens is 2. The Morgan fingerprint density at radius 2 is 2.14 bits per heavy atom. The molecule has 0 atom stereocenters. The average molecular weight is 217 g/mol. The highest BCUT2D eigenvalue weighted by atomic mass is 32.2. The first-order chi connectivity index (χ1) is 6.48. The van der Waals surface area contributed by atoms with Gasteiger partial charge in [0.25, 0.3) is 0 Å². The van der Waals surface area contributed by atoms with E-state index in [2.05, 4.69) is 5.10 Å². The Labute approximate surface area is 83.8 Å². The van der Waals surface area contributed by atoms with Crippen LogP contribution in [-0.4, -0.2) is 24.0 Å². The van der Waals surface area contributed by atoms with Gasteiger partial charge >= 0.3 is 0 Å². The van der Waals surface area contributed by atoms with Crippen LogP contribution in [0.5, 0.6) is 0 Å². The predicted molar refractivity (Wildman–Crippen MR) is 55.5 cm³/mol. The van der Waals surface area contributed by atoms with Crippen LogP contribution in [0, 0.1) is 0 Å². The second-order valence-electron chi connectivity index (χ2n) is 3.05. The predicted octanol–water partition coefficient (Wildman–Crippen LogP) is 0.420. The Balaban J connectivity index is 2.96. The van der Waals surface area contributed by atoms with Crippen molar-refractivity contribution < 1.29 is 8.42 Å². The third-order valence-corrected chi connectivity index (χ3v) is 3.60. The fourth-order valence-electron chi connectivity index (χ4n) is 1.20. The normalized spacial score (nSPS) is 11.9. The molecule has 0 aliphatic carbocycles. The van der Waals surface area contributed by atoms with Crippen molar-refractivity contribution in [2.45, 2.75) is 26.1 Å². The fourth-order valence-corrected chi connectivity index (χ4v) is 2.08. The summed E-state index contributed by atoms with van der Waals surface area (Å²) in [5.74, 6) is 0.525. The third kappa shape index (κ3) is 2.47. The van der Waals surface area contributed by atoms with Crippen LogP contribution in [0.15, 0.2) is 6.07 Å². The van der Waals surface area contributed by atoms with Crippen LogP contribution in [0.1, 0.15) is 19.5 Å². The summed E-state index contributed by atoms with van der Waals surface area (Å²) in [4.78, 5) is 0. The molecule has 0 unspecified atom stereocenters. The molecule has 6 heteroatoms. The summed E-state index contributed by atoms with van der Waals surface area (Å²) in [6.07, 6.45) is 0. The van der Waals surface area contributed by atoms with Crippen molar-refractivity contribution in [1.29, 1.82) is 0 Å². The van der Waals surface area contributed by atoms with Crippen LogP contribution in [-0.2, 0) is 22.1 Å². The Bertz CT molecular complexity index is 408. The maximum Gasteiger partial charge on any atom is 0.155 e. The zero-order valence-electron chi connectivity index (χ0n) is 8.40. The van der Waals surface area contributed by atoms with E-state index < -0.39 is 9.84 Å². The van der Waals surface area contributed by atoms with Gasteiger partial charge in [0.2, 0.25) is 0 Å². The van der Waals surface area contributed by atoms with Gasteiger partial charge in [-0.2, -0.15) is 5.10 Å². The molecule has 0 saturated heterocycles. The van der Waals surface area contributed by atoms with Gasteiger partial charge in [-0.05, 0) is 6.92 Å². The van der Waals surface area contributed by atoms with E-state index in [4.69, 9.17) is 5.73 Å². The maximum atomic E-state index is 11.4. The van der Waals surface area contributed by atoms with E-state index in [0.717, 1.165) is 0 Å². The Morgan fingerprint density at radius 3 is 2.64 bits per heavy atom. The number of nitrogens with zero attached hydrogens (tertiary/aromatic N) is 2. The monoisotopic (exact) mass is 217 g/mol. The van der Waals surface area contributed by atoms with Gasteiger partial charge in [0.1, 0.15) is 5.82 Å². The van der Waals surface area contributed by atoms with E-state index in [9.17, 15) is 8.42 Å². The van der Waals surface area contributed by atoms with Gasteiger partial charge in [-0.25, -0.2) is 8.42 Å². The smallest absolute Gasteiger partial charge is 0.155 e. The van der Waals surface area contributed by atoms with E-state index in [1.54, 1.807) is 17.7 Å². The lowest BCUT2D eigenvalue weighted by atomic mass is 10.4. The highest BCUT2D eigenvalue weighted by Gasteiger charge is 2.13. The van der Waals surface area contributed by atoms with Crippen LogP contribution < -0.4 is 5.73 Å². The van der Waals surface area contributed by atoms with E-state index in [0.29, 0.717) is 18.1 Å². The minimum atomic E-state index is -3.01. The minimum Gasteiger partial charge on any atom is -0.382 e. The number of sulfone groups is 1. The molecular formula is C8H15N3O2S. The molecule has 0 aliphatic rings. The minimum absolute atomic E-state index is 0.0154. The molecule has 0 aliphatic heterocycles. The van der Waals surface area contributed by atoms with Gasteiger partial charge in [-0.1, -0.05) is 6.92 Å². The number of hydrogen-bond acceptors (Lipinski definition) is 4. The third-order valence-electron chi connectivity index (χ3n) is 1.99. The molecule has 1 aromatic heterocycles. The number of nitrogens with two attached hydrogens (primary N) is 1. The van der Waals surface area contributed by atoms with Crippen LogP contribution in [0.25, 0.3) is 0 Å². The second kappa shape index (κ2) is 4.00. The molecule has 1 heterocycles. The first-order valence-corrected chi connectivity index (χ1v) is 6.33. The lowest BCUT2D eigenvalue weighted by molar-refractivity contribution is 0.587. The summed E-state index contributed by atoms with van der Waals surface area (Å²) in [7, 11) is -3.01. The second-order valence-corrected chi connectivity index (χ2v) is 5.41. The Morgan fingerprint density at radius 1 is 1.50 bits per heavy atom. The summed E-state index contributed by atoms with van der Waals surface area (Å²) >= 11 is 0. The first-order valence-electron chi connectivity index (χ1n) is 4.51. The molecule has 2 N–H and O–H groups in total. The van der Waals surface area contributed by atoms with Gasteiger partial charge < -0.3 is 5.73 Å². The van der Waals surface area contributed by atoms with Crippen molar-refractivity contribution in [2.75, 3.05) is 11.5 Å². The van der Waals surface area contributed by atoms with Crippen LogP contribution >= 0.6 is 0 Å². The summed E-state index contributed by atoms with van der Waals surface area (Å²) in [5, 5.41) is 3.98. The molecule has 0 saturated carbocycles. The lowest BCUT2D eigenvalue weighted by Gasteiger charge is -2.03. The topological polar surface area (TPSA) is 78.0 Å². The van der Waals surface area contributed by atoms with Gasteiger partial charge in [0, 0.05) is 18.4 Å². The van der Waals surface area contributed by atoms with Gasteiger partial charge in [-0.15, -0.1) is 0 Å². The quantitative estimate of drug-likeness (QED) is 0.792. The van der Waals surface area contributed by atoms with Crippen molar-refractivity contribution >= 4 is 15.7 Å². The number of hydrogen-bond donors (Lipinski definition) is 1. The standard InChI is InChI=1S/C8H15N3O2S/c1-3-11-7(5-8(9)10-11)6-14(12,13)4-2/h5H,3-4,6H2,1-2H3,(H2,9,10). The number of nitrogen functional groups attached to an aromatic ring is 1. The number of aryl methyl sites for hydroxylation is 1. The van der Waals surface area contributed by atoms with Gasteiger partial charge in [-0.3, -0.25) is 4.68 Å². The highest BCUT2D eigenvalue weighted by molar-refractivity contribution is 7.90. The van der Waals surface area contributed by atoms with Crippen molar-refractivity contribution in [3.63, 3.8) is 0 Å². The summed E-state index contributed by atoms with van der Waals surface area (Å²) in [5.41, 5.74) is 6.15. The molecule has 1 rings (SSSR count). The van der Waals surface area contributed by atoms with Crippen LogP contribution in [0.3, 0.4) is 0 Å². The van der Waals surface area contributed by atoms with E-state index in [1.165, 1.54) is 0 Å². The summed E-state index contributed by atoms with van der Waals surface area (Å²) in [6, 6.07) is 1.61. The number of rotatable bonds is 4. The molecule has 0 aromatic carbocycles. The Kier molecular flexibility index (Phi) is 3.15. The van der Waals surface area contributed by atoms with Crippen molar-refractivity contribution in [3.05, 3.63) is 11.8 Å². The molecule has 0 bridgehead atoms. The molecule has 1 aromatic rings. The van der Waals surface area contributed by atoms with Gasteiger partial charge in [0.05, 0.1) is 11.4 Å². The molecular weight excluding hydrogens is 202 g/mol. The average Bonchev–Trinajstić information content (AvgIpc) is 2.45. The molecule has 0 spiro atoms. The van der Waals surface area contributed by atoms with Crippen molar-refractivity contribution in [2.24, 2.45) is 0 Å². The van der Waals surface area contributed by atoms with E-state index in [-0.39, 0.29) is 11.5 Å². The largest absolute Gasteiger partial charge is 0.382 e. The Hall–Kier alpha value is -1.04. The lowest BCUT2D eigenvalue weighted by Crippen LogP contribution is -2.11. The maximum absolute atomic E-state index is 11.4. The zero-order valence-corrected chi connectivity index (χ0v) is 9.21. The SMILES string of the molecule is CCn1nc(N)cc1CS(=O)(=O)CC. The van der Waals surface area contributed by atoms with Crippen LogP contribution in [0.4, 0.5) is 5.82 Å². The summed E-state index contributed by atoms with van der Waals surface area (Å²) in [6.45, 7) is 4.16. The van der Waals surface area contributed by atoms with E-state index in [1.807, 2.05) is 6.92 Å². The van der Waals surface area contributed by atoms with E-state index >= 15 is 0 Å². The molecule has 0 radical (unpaired) electrons. The molecule has 80 valence electrons. The molecule has 0 fully saturated rings. The highest BCUT2D eigenvalue weighted by Crippen LogP contribution is 2.10. The zero-order chi connectivity index (χ0) is 10.8. The van der Waals surface area contributed by atoms with Gasteiger partial charge in [0.15, 0.2) is 9.84 Å². The van der Waals surface area contributed by atoms with Crippen molar-refractivity contribution in [1.82, 2.24) is 9.78 Å². The molecule has 5 nitrogen and oxygen atoms in total. The molecule has 14 heavy (non-hydrogen) atoms. The van der Waals surface area contributed by atoms with Crippen LogP contribution in [0.2, 0.25) is 0 Å². The summed E-state index contributed by atoms with van der Waals surface area (Å²) < 4.78 is 24.3. The molecule has 0 amide bonds. The first kappa shape index (κ1) is 11.0. The van der Waals surface area contributed by atoms with Crippen molar-refractivity contribution in [3.8, 4) is 0 Å². The number of anilines is 1. The fraction of sp³-hybridized carbons (Fsp3) is 0.625.